The molecule has 3 heterocycles. The number of amides is 3. The van der Waals surface area contributed by atoms with E-state index in [1.807, 2.05) is 0 Å². The van der Waals surface area contributed by atoms with E-state index in [0.717, 1.165) is 0 Å². The van der Waals surface area contributed by atoms with Crippen molar-refractivity contribution >= 4 is 55.4 Å². The lowest BCUT2D eigenvalue weighted by Crippen LogP contribution is -2.43. The second-order valence-corrected chi connectivity index (χ2v) is 11.4. The molecule has 40 heavy (non-hydrogen) atoms. The Kier molecular flexibility index (Phi) is 9.31. The molecule has 3 saturated heterocycles. The molecule has 3 aliphatic heterocycles. The number of rotatable bonds is 5. The van der Waals surface area contributed by atoms with E-state index in [0.29, 0.717) is 87.9 Å². The molecule has 5 rings (SSSR count). The first-order chi connectivity index (χ1) is 19.3. The van der Waals surface area contributed by atoms with Crippen LogP contribution in [0.3, 0.4) is 0 Å². The molecule has 2 aromatic carbocycles. The number of nitrogens with zero attached hydrogens (tertiary/aromatic N) is 3. The van der Waals surface area contributed by atoms with Crippen LogP contribution in [0.5, 0.6) is 0 Å². The minimum atomic E-state index is -0.439. The molecule has 3 amide bonds. The molecule has 12 heteroatoms. The van der Waals surface area contributed by atoms with Crippen LogP contribution in [0.4, 0.5) is 0 Å². The molecule has 0 saturated carbocycles. The van der Waals surface area contributed by atoms with Gasteiger partial charge in [0.2, 0.25) is 0 Å². The summed E-state index contributed by atoms with van der Waals surface area (Å²) in [5.41, 5.74) is 0.992. The molecule has 0 atom stereocenters. The fourth-order valence-corrected chi connectivity index (χ4v) is 5.83. The van der Waals surface area contributed by atoms with Gasteiger partial charge < -0.3 is 28.9 Å². The molecule has 0 N–H and O–H groups in total. The summed E-state index contributed by atoms with van der Waals surface area (Å²) in [6, 6.07) is 7.97. The van der Waals surface area contributed by atoms with Gasteiger partial charge in [0.25, 0.3) is 17.7 Å². The van der Waals surface area contributed by atoms with Crippen LogP contribution in [-0.4, -0.2) is 117 Å². The van der Waals surface area contributed by atoms with Gasteiger partial charge in [-0.1, -0.05) is 31.9 Å². The summed E-state index contributed by atoms with van der Waals surface area (Å²) in [4.78, 5) is 59.7. The Morgan fingerprint density at radius 2 is 0.950 bits per heavy atom. The third-order valence-electron chi connectivity index (χ3n) is 7.16. The number of benzene rings is 2. The van der Waals surface area contributed by atoms with Crippen LogP contribution < -0.4 is 0 Å². The van der Waals surface area contributed by atoms with Crippen molar-refractivity contribution in [2.24, 2.45) is 0 Å². The van der Waals surface area contributed by atoms with Gasteiger partial charge in [0, 0.05) is 59.3 Å². The molecule has 212 valence electrons. The highest BCUT2D eigenvalue weighted by atomic mass is 79.9. The quantitative estimate of drug-likeness (QED) is 0.448. The van der Waals surface area contributed by atoms with Gasteiger partial charge in [0.15, 0.2) is 5.78 Å². The van der Waals surface area contributed by atoms with Crippen LogP contribution in [0.1, 0.15) is 47.0 Å². The molecular formula is C28H29Br2N3O7. The number of halogens is 2. The second-order valence-electron chi connectivity index (χ2n) is 9.61. The zero-order valence-corrected chi connectivity index (χ0v) is 25.0. The number of carbonyl (C=O) groups excluding carboxylic acids is 4. The van der Waals surface area contributed by atoms with E-state index in [4.69, 9.17) is 14.2 Å². The number of carbonyl (C=O) groups is 4. The summed E-state index contributed by atoms with van der Waals surface area (Å²) >= 11 is 6.91. The van der Waals surface area contributed by atoms with Crippen molar-refractivity contribution < 1.29 is 33.4 Å². The number of ketones is 1. The highest BCUT2D eigenvalue weighted by Gasteiger charge is 2.31. The summed E-state index contributed by atoms with van der Waals surface area (Å²) in [6.45, 7) is 4.94. The molecule has 0 aliphatic carbocycles. The fraction of sp³-hybridized carbons (Fsp3) is 0.429. The van der Waals surface area contributed by atoms with E-state index in [9.17, 15) is 19.2 Å². The summed E-state index contributed by atoms with van der Waals surface area (Å²) in [5, 5.41) is 0. The molecule has 0 aromatic heterocycles. The van der Waals surface area contributed by atoms with Gasteiger partial charge in [0.05, 0.1) is 56.3 Å². The van der Waals surface area contributed by atoms with E-state index >= 15 is 0 Å². The largest absolute Gasteiger partial charge is 0.378 e. The van der Waals surface area contributed by atoms with Crippen molar-refractivity contribution in [3.05, 3.63) is 67.1 Å². The van der Waals surface area contributed by atoms with E-state index in [1.54, 1.807) is 39.0 Å². The minimum Gasteiger partial charge on any atom is -0.378 e. The maximum absolute atomic E-state index is 14.1. The smallest absolute Gasteiger partial charge is 0.254 e. The summed E-state index contributed by atoms with van der Waals surface area (Å²) < 4.78 is 17.2. The predicted octanol–water partition coefficient (Wildman–Crippen LogP) is 2.86. The molecule has 0 spiro atoms. The predicted molar refractivity (Wildman–Crippen MR) is 152 cm³/mol. The Hall–Kier alpha value is -2.64. The van der Waals surface area contributed by atoms with E-state index in [-0.39, 0.29) is 45.5 Å². The summed E-state index contributed by atoms with van der Waals surface area (Å²) in [5.74, 6) is -1.35. The average Bonchev–Trinajstić information content (AvgIpc) is 3.00. The van der Waals surface area contributed by atoms with Crippen LogP contribution in [0.15, 0.2) is 39.3 Å². The Morgan fingerprint density at radius 1 is 0.525 bits per heavy atom. The van der Waals surface area contributed by atoms with Crippen molar-refractivity contribution in [3.63, 3.8) is 0 Å². The first kappa shape index (κ1) is 28.9. The number of hydrogen-bond acceptors (Lipinski definition) is 7. The Morgan fingerprint density at radius 3 is 1.43 bits per heavy atom. The summed E-state index contributed by atoms with van der Waals surface area (Å²) in [6.07, 6.45) is 0. The number of ether oxygens (including phenoxy) is 3. The lowest BCUT2D eigenvalue weighted by atomic mass is 9.93. The third kappa shape index (κ3) is 6.15. The lowest BCUT2D eigenvalue weighted by molar-refractivity contribution is 0.0279. The molecule has 0 radical (unpaired) electrons. The van der Waals surface area contributed by atoms with Gasteiger partial charge in [-0.15, -0.1) is 0 Å². The van der Waals surface area contributed by atoms with Crippen molar-refractivity contribution in [1.29, 1.82) is 0 Å². The van der Waals surface area contributed by atoms with Crippen LogP contribution in [-0.2, 0) is 14.2 Å². The normalized spacial score (nSPS) is 18.0. The Balaban J connectivity index is 1.56. The maximum Gasteiger partial charge on any atom is 0.254 e. The Bertz CT molecular complexity index is 1320. The molecule has 10 nitrogen and oxygen atoms in total. The molecule has 0 unspecified atom stereocenters. The standard InChI is InChI=1S/C28H29Br2N3O7/c29-18-1-2-19(26(35)31-3-9-38-10-4-31)20(15-18)25(34)23-16-21(27(36)32-5-11-39-12-6-32)22(17-24(23)30)28(37)33-7-13-40-14-8-33/h1-2,15-17H,3-14H2. The van der Waals surface area contributed by atoms with E-state index in [2.05, 4.69) is 31.9 Å². The second kappa shape index (κ2) is 12.9. The first-order valence-electron chi connectivity index (χ1n) is 13.1. The topological polar surface area (TPSA) is 106 Å². The van der Waals surface area contributed by atoms with Gasteiger partial charge >= 0.3 is 0 Å². The van der Waals surface area contributed by atoms with Gasteiger partial charge in [0.1, 0.15) is 0 Å². The van der Waals surface area contributed by atoms with E-state index in [1.165, 1.54) is 6.07 Å². The maximum atomic E-state index is 14.1. The van der Waals surface area contributed by atoms with Crippen molar-refractivity contribution in [2.75, 3.05) is 78.9 Å². The van der Waals surface area contributed by atoms with Crippen molar-refractivity contribution in [1.82, 2.24) is 14.7 Å². The lowest BCUT2D eigenvalue weighted by Gasteiger charge is -2.30. The minimum absolute atomic E-state index is 0.140. The van der Waals surface area contributed by atoms with Crippen molar-refractivity contribution in [3.8, 4) is 0 Å². The average molecular weight is 679 g/mol. The van der Waals surface area contributed by atoms with Crippen LogP contribution in [0.2, 0.25) is 0 Å². The van der Waals surface area contributed by atoms with Gasteiger partial charge in [-0.3, -0.25) is 19.2 Å². The van der Waals surface area contributed by atoms with E-state index < -0.39 is 5.78 Å². The first-order valence-corrected chi connectivity index (χ1v) is 14.7. The van der Waals surface area contributed by atoms with Gasteiger partial charge in [-0.2, -0.15) is 0 Å². The van der Waals surface area contributed by atoms with Gasteiger partial charge in [-0.25, -0.2) is 0 Å². The third-order valence-corrected chi connectivity index (χ3v) is 8.31. The Labute approximate surface area is 248 Å². The number of hydrogen-bond donors (Lipinski definition) is 0. The summed E-state index contributed by atoms with van der Waals surface area (Å²) in [7, 11) is 0. The van der Waals surface area contributed by atoms with Gasteiger partial charge in [-0.05, 0) is 30.3 Å². The zero-order chi connectivity index (χ0) is 28.2. The number of morpholine rings is 3. The van der Waals surface area contributed by atoms with Crippen LogP contribution in [0.25, 0.3) is 0 Å². The molecule has 3 aliphatic rings. The highest BCUT2D eigenvalue weighted by Crippen LogP contribution is 2.30. The molecule has 2 aromatic rings. The molecular weight excluding hydrogens is 650 g/mol. The van der Waals surface area contributed by atoms with Crippen LogP contribution in [0, 0.1) is 0 Å². The SMILES string of the molecule is O=C(c1cc(C(=O)N2CCOCC2)c(C(=O)N2CCOCC2)cc1Br)c1cc(Br)ccc1C(=O)N1CCOCC1. The fourth-order valence-electron chi connectivity index (χ4n) is 4.95. The van der Waals surface area contributed by atoms with Crippen LogP contribution >= 0.6 is 31.9 Å². The zero-order valence-electron chi connectivity index (χ0n) is 21.8. The highest BCUT2D eigenvalue weighted by molar-refractivity contribution is 9.10. The molecule has 3 fully saturated rings. The van der Waals surface area contributed by atoms with Crippen molar-refractivity contribution in [2.45, 2.75) is 0 Å². The monoisotopic (exact) mass is 677 g/mol. The molecule has 0 bridgehead atoms.